The van der Waals surface area contributed by atoms with E-state index in [4.69, 9.17) is 19.0 Å². The molecular formula is C14H12O5. The van der Waals surface area contributed by atoms with Crippen LogP contribution in [0.5, 0.6) is 5.75 Å². The van der Waals surface area contributed by atoms with Crippen molar-refractivity contribution in [3.8, 4) is 5.75 Å². The topological polar surface area (TPSA) is 68.9 Å². The van der Waals surface area contributed by atoms with Crippen molar-refractivity contribution in [2.45, 2.75) is 19.5 Å². The highest BCUT2D eigenvalue weighted by Gasteiger charge is 2.26. The molecule has 1 N–H and O–H groups in total. The van der Waals surface area contributed by atoms with Gasteiger partial charge >= 0.3 is 0 Å². The van der Waals surface area contributed by atoms with Crippen LogP contribution >= 0.6 is 0 Å². The quantitative estimate of drug-likeness (QED) is 0.890. The predicted octanol–water partition coefficient (Wildman–Crippen LogP) is 1.74. The number of hydrogen-bond acceptors (Lipinski definition) is 5. The molecule has 0 radical (unpaired) electrons. The van der Waals surface area contributed by atoms with Crippen molar-refractivity contribution in [2.75, 3.05) is 0 Å². The zero-order chi connectivity index (χ0) is 13.2. The second kappa shape index (κ2) is 4.87. The summed E-state index contributed by atoms with van der Waals surface area (Å²) in [6.45, 7) is -0.192. The van der Waals surface area contributed by atoms with Gasteiger partial charge in [-0.25, -0.2) is 0 Å². The minimum absolute atomic E-state index is 0.137. The van der Waals surface area contributed by atoms with Gasteiger partial charge in [0, 0.05) is 11.6 Å². The molecule has 0 spiro atoms. The zero-order valence-corrected chi connectivity index (χ0v) is 10.0. The van der Waals surface area contributed by atoms with E-state index in [0.717, 1.165) is 5.56 Å². The van der Waals surface area contributed by atoms with Crippen molar-refractivity contribution in [3.63, 3.8) is 0 Å². The summed E-state index contributed by atoms with van der Waals surface area (Å²) in [4.78, 5) is 11.9. The highest BCUT2D eigenvalue weighted by atomic mass is 16.7. The third-order valence-electron chi connectivity index (χ3n) is 2.84. The fraction of sp³-hybridized carbons (Fsp3) is 0.214. The van der Waals surface area contributed by atoms with Gasteiger partial charge in [0.05, 0.1) is 0 Å². The Balaban J connectivity index is 1.94. The van der Waals surface area contributed by atoms with Crippen molar-refractivity contribution in [1.29, 1.82) is 0 Å². The Bertz CT molecular complexity index is 632. The smallest absolute Gasteiger partial charge is 0.227 e. The van der Waals surface area contributed by atoms with Gasteiger partial charge in [0.1, 0.15) is 19.0 Å². The SMILES string of the molecule is O=c1cc(CO)oc2c1OC(c1ccccc1)OC2. The summed E-state index contributed by atoms with van der Waals surface area (Å²) in [5, 5.41) is 8.98. The van der Waals surface area contributed by atoms with Crippen LogP contribution in [0.1, 0.15) is 23.4 Å². The number of aliphatic hydroxyl groups is 1. The molecule has 1 aromatic carbocycles. The molecule has 19 heavy (non-hydrogen) atoms. The third kappa shape index (κ3) is 2.25. The largest absolute Gasteiger partial charge is 0.457 e. The molecular weight excluding hydrogens is 248 g/mol. The van der Waals surface area contributed by atoms with Crippen LogP contribution in [-0.2, 0) is 18.0 Å². The van der Waals surface area contributed by atoms with Crippen LogP contribution in [-0.4, -0.2) is 5.11 Å². The lowest BCUT2D eigenvalue weighted by Crippen LogP contribution is -2.23. The van der Waals surface area contributed by atoms with Crippen LogP contribution < -0.4 is 10.2 Å². The Morgan fingerprint density at radius 1 is 1.26 bits per heavy atom. The molecule has 1 aromatic heterocycles. The molecule has 3 rings (SSSR count). The highest BCUT2D eigenvalue weighted by Crippen LogP contribution is 2.30. The fourth-order valence-electron chi connectivity index (χ4n) is 1.95. The van der Waals surface area contributed by atoms with Crippen molar-refractivity contribution < 1.29 is 19.0 Å². The van der Waals surface area contributed by atoms with Crippen LogP contribution in [0, 0.1) is 0 Å². The number of benzene rings is 1. The van der Waals surface area contributed by atoms with Crippen molar-refractivity contribution >= 4 is 0 Å². The van der Waals surface area contributed by atoms with Crippen LogP contribution in [0.4, 0.5) is 0 Å². The molecule has 0 saturated carbocycles. The molecule has 2 aromatic rings. The normalized spacial score (nSPS) is 17.6. The van der Waals surface area contributed by atoms with E-state index in [9.17, 15) is 4.79 Å². The second-order valence-electron chi connectivity index (χ2n) is 4.16. The molecule has 1 aliphatic rings. The predicted molar refractivity (Wildman–Crippen MR) is 65.5 cm³/mol. The maximum Gasteiger partial charge on any atom is 0.227 e. The second-order valence-corrected chi connectivity index (χ2v) is 4.16. The maximum atomic E-state index is 11.9. The van der Waals surface area contributed by atoms with Gasteiger partial charge in [0.2, 0.25) is 17.5 Å². The van der Waals surface area contributed by atoms with E-state index in [0.29, 0.717) is 5.76 Å². The van der Waals surface area contributed by atoms with Gasteiger partial charge in [-0.1, -0.05) is 30.3 Å². The summed E-state index contributed by atoms with van der Waals surface area (Å²) >= 11 is 0. The molecule has 5 nitrogen and oxygen atoms in total. The monoisotopic (exact) mass is 260 g/mol. The van der Waals surface area contributed by atoms with Gasteiger partial charge in [-0.05, 0) is 0 Å². The van der Waals surface area contributed by atoms with Crippen LogP contribution in [0.3, 0.4) is 0 Å². The molecule has 0 fully saturated rings. The Hall–Kier alpha value is -2.11. The summed E-state index contributed by atoms with van der Waals surface area (Å²) in [5.41, 5.74) is 0.522. The standard InChI is InChI=1S/C14H12O5/c15-7-10-6-11(16)13-12(18-10)8-17-14(19-13)9-4-2-1-3-5-9/h1-6,14-15H,7-8H2. The van der Waals surface area contributed by atoms with Crippen LogP contribution in [0.25, 0.3) is 0 Å². The van der Waals surface area contributed by atoms with Gasteiger partial charge in [0.25, 0.3) is 0 Å². The van der Waals surface area contributed by atoms with Crippen LogP contribution in [0.15, 0.2) is 45.6 Å². The number of aliphatic hydroxyl groups excluding tert-OH is 1. The molecule has 5 heteroatoms. The van der Waals surface area contributed by atoms with Gasteiger partial charge in [-0.2, -0.15) is 0 Å². The minimum Gasteiger partial charge on any atom is -0.457 e. The zero-order valence-electron chi connectivity index (χ0n) is 10.0. The molecule has 1 unspecified atom stereocenters. The number of hydrogen-bond donors (Lipinski definition) is 1. The van der Waals surface area contributed by atoms with Crippen molar-refractivity contribution in [3.05, 3.63) is 63.7 Å². The minimum atomic E-state index is -0.614. The summed E-state index contributed by atoms with van der Waals surface area (Å²) < 4.78 is 16.4. The van der Waals surface area contributed by atoms with E-state index < -0.39 is 6.29 Å². The highest BCUT2D eigenvalue weighted by molar-refractivity contribution is 5.29. The first-order valence-corrected chi connectivity index (χ1v) is 5.88. The third-order valence-corrected chi connectivity index (χ3v) is 2.84. The summed E-state index contributed by atoms with van der Waals surface area (Å²) in [7, 11) is 0. The molecule has 2 heterocycles. The Morgan fingerprint density at radius 3 is 2.79 bits per heavy atom. The van der Waals surface area contributed by atoms with Crippen LogP contribution in [0.2, 0.25) is 0 Å². The van der Waals surface area contributed by atoms with Crippen molar-refractivity contribution in [1.82, 2.24) is 0 Å². The molecule has 0 amide bonds. The number of fused-ring (bicyclic) bond motifs is 1. The van der Waals surface area contributed by atoms with Crippen molar-refractivity contribution in [2.24, 2.45) is 0 Å². The Labute approximate surface area is 109 Å². The summed E-state index contributed by atoms with van der Waals surface area (Å²) in [6, 6.07) is 10.6. The molecule has 0 aliphatic carbocycles. The maximum absolute atomic E-state index is 11.9. The van der Waals surface area contributed by atoms with Gasteiger partial charge < -0.3 is 19.0 Å². The number of ether oxygens (including phenoxy) is 2. The van der Waals surface area contributed by atoms with E-state index in [1.165, 1.54) is 6.07 Å². The first-order valence-electron chi connectivity index (χ1n) is 5.88. The fourth-order valence-corrected chi connectivity index (χ4v) is 1.95. The Kier molecular flexibility index (Phi) is 3.06. The average Bonchev–Trinajstić information content (AvgIpc) is 2.47. The first-order chi connectivity index (χ1) is 9.28. The van der Waals surface area contributed by atoms with E-state index in [2.05, 4.69) is 0 Å². The number of rotatable bonds is 2. The van der Waals surface area contributed by atoms with E-state index in [1.54, 1.807) is 0 Å². The Morgan fingerprint density at radius 2 is 2.05 bits per heavy atom. The lowest BCUT2D eigenvalue weighted by atomic mass is 10.2. The van der Waals surface area contributed by atoms with E-state index in [1.807, 2.05) is 30.3 Å². The molecule has 0 bridgehead atoms. The average molecular weight is 260 g/mol. The van der Waals surface area contributed by atoms with Gasteiger partial charge in [-0.15, -0.1) is 0 Å². The summed E-state index contributed by atoms with van der Waals surface area (Å²) in [6.07, 6.45) is -0.614. The molecule has 98 valence electrons. The molecule has 0 saturated heterocycles. The summed E-state index contributed by atoms with van der Waals surface area (Å²) in [5.74, 6) is 0.662. The molecule has 1 aliphatic heterocycles. The van der Waals surface area contributed by atoms with Gasteiger partial charge in [-0.3, -0.25) is 4.79 Å². The molecule has 1 atom stereocenters. The lowest BCUT2D eigenvalue weighted by molar-refractivity contribution is -0.121. The van der Waals surface area contributed by atoms with E-state index in [-0.39, 0.29) is 30.2 Å². The van der Waals surface area contributed by atoms with Gasteiger partial charge in [0.15, 0.2) is 5.76 Å². The lowest BCUT2D eigenvalue weighted by Gasteiger charge is -2.25. The van der Waals surface area contributed by atoms with E-state index >= 15 is 0 Å². The first kappa shape index (κ1) is 12.0.